The van der Waals surface area contributed by atoms with Crippen molar-refractivity contribution in [2.75, 3.05) is 19.8 Å². The quantitative estimate of drug-likeness (QED) is 0.616. The predicted molar refractivity (Wildman–Crippen MR) is 59.9 cm³/mol. The molecule has 16 heavy (non-hydrogen) atoms. The molecule has 2 N–H and O–H groups in total. The zero-order chi connectivity index (χ0) is 11.6. The van der Waals surface area contributed by atoms with Crippen molar-refractivity contribution in [2.24, 2.45) is 0 Å². The SMILES string of the molecule is CCCCOCC(O)CNCc1ccon1. The lowest BCUT2D eigenvalue weighted by Gasteiger charge is -2.11. The first-order valence-corrected chi connectivity index (χ1v) is 5.68. The van der Waals surface area contributed by atoms with Crippen molar-refractivity contribution in [1.29, 1.82) is 0 Å². The largest absolute Gasteiger partial charge is 0.389 e. The Labute approximate surface area is 95.8 Å². The molecule has 1 aromatic heterocycles. The minimum Gasteiger partial charge on any atom is -0.389 e. The molecular formula is C11H20N2O3. The van der Waals surface area contributed by atoms with Gasteiger partial charge in [-0.25, -0.2) is 0 Å². The van der Waals surface area contributed by atoms with Crippen molar-refractivity contribution in [3.8, 4) is 0 Å². The van der Waals surface area contributed by atoms with Gasteiger partial charge in [0.15, 0.2) is 0 Å². The molecule has 1 atom stereocenters. The summed E-state index contributed by atoms with van der Waals surface area (Å²) in [7, 11) is 0. The third-order valence-electron chi connectivity index (χ3n) is 2.13. The summed E-state index contributed by atoms with van der Waals surface area (Å²) in [5.74, 6) is 0. The lowest BCUT2D eigenvalue weighted by molar-refractivity contribution is 0.0357. The van der Waals surface area contributed by atoms with Gasteiger partial charge in [0.1, 0.15) is 6.26 Å². The van der Waals surface area contributed by atoms with Crippen molar-refractivity contribution in [3.05, 3.63) is 18.0 Å². The molecule has 1 aromatic rings. The number of ether oxygens (including phenoxy) is 1. The fraction of sp³-hybridized carbons (Fsp3) is 0.727. The number of hydrogen-bond acceptors (Lipinski definition) is 5. The zero-order valence-electron chi connectivity index (χ0n) is 9.69. The molecule has 92 valence electrons. The highest BCUT2D eigenvalue weighted by Gasteiger charge is 2.04. The highest BCUT2D eigenvalue weighted by atomic mass is 16.5. The Balaban J connectivity index is 1.95. The van der Waals surface area contributed by atoms with Gasteiger partial charge >= 0.3 is 0 Å². The third kappa shape index (κ3) is 5.85. The lowest BCUT2D eigenvalue weighted by atomic mass is 10.3. The molecule has 0 radical (unpaired) electrons. The van der Waals surface area contributed by atoms with Crippen LogP contribution in [0.1, 0.15) is 25.5 Å². The van der Waals surface area contributed by atoms with Gasteiger partial charge in [-0.05, 0) is 6.42 Å². The van der Waals surface area contributed by atoms with Crippen LogP contribution in [0, 0.1) is 0 Å². The fourth-order valence-electron chi connectivity index (χ4n) is 1.22. The maximum Gasteiger partial charge on any atom is 0.124 e. The Morgan fingerprint density at radius 1 is 1.62 bits per heavy atom. The van der Waals surface area contributed by atoms with Gasteiger partial charge in [-0.2, -0.15) is 0 Å². The summed E-state index contributed by atoms with van der Waals surface area (Å²) in [5.41, 5.74) is 0.833. The average molecular weight is 228 g/mol. The van der Waals surface area contributed by atoms with Gasteiger partial charge in [0.25, 0.3) is 0 Å². The van der Waals surface area contributed by atoms with E-state index in [2.05, 4.69) is 21.9 Å². The second-order valence-corrected chi connectivity index (χ2v) is 3.70. The first-order valence-electron chi connectivity index (χ1n) is 5.68. The monoisotopic (exact) mass is 228 g/mol. The van der Waals surface area contributed by atoms with Gasteiger partial charge < -0.3 is 19.7 Å². The van der Waals surface area contributed by atoms with Gasteiger partial charge in [-0.3, -0.25) is 0 Å². The molecular weight excluding hydrogens is 208 g/mol. The summed E-state index contributed by atoms with van der Waals surface area (Å²) in [6.45, 7) is 4.31. The molecule has 0 aliphatic carbocycles. The van der Waals surface area contributed by atoms with E-state index in [0.717, 1.165) is 25.1 Å². The number of aliphatic hydroxyl groups is 1. The Bertz CT molecular complexity index is 252. The van der Waals surface area contributed by atoms with Crippen molar-refractivity contribution < 1.29 is 14.4 Å². The Morgan fingerprint density at radius 2 is 2.50 bits per heavy atom. The standard InChI is InChI=1S/C11H20N2O3/c1-2-3-5-15-9-11(14)8-12-7-10-4-6-16-13-10/h4,6,11-12,14H,2-3,5,7-9H2,1H3. The maximum absolute atomic E-state index is 9.55. The van der Waals surface area contributed by atoms with Crippen LogP contribution in [0.3, 0.4) is 0 Å². The van der Waals surface area contributed by atoms with Gasteiger partial charge in [0, 0.05) is 25.8 Å². The van der Waals surface area contributed by atoms with Crippen LogP contribution >= 0.6 is 0 Å². The van der Waals surface area contributed by atoms with Gasteiger partial charge in [0.05, 0.1) is 18.4 Å². The summed E-state index contributed by atoms with van der Waals surface area (Å²) < 4.78 is 9.99. The van der Waals surface area contributed by atoms with Crippen LogP contribution in [0.15, 0.2) is 16.9 Å². The van der Waals surface area contributed by atoms with E-state index >= 15 is 0 Å². The molecule has 0 amide bonds. The molecule has 0 bridgehead atoms. The van der Waals surface area contributed by atoms with E-state index in [9.17, 15) is 5.11 Å². The van der Waals surface area contributed by atoms with E-state index in [4.69, 9.17) is 4.74 Å². The number of hydrogen-bond donors (Lipinski definition) is 2. The van der Waals surface area contributed by atoms with E-state index < -0.39 is 6.10 Å². The lowest BCUT2D eigenvalue weighted by Crippen LogP contribution is -2.30. The van der Waals surface area contributed by atoms with Crippen LogP contribution in [0.5, 0.6) is 0 Å². The summed E-state index contributed by atoms with van der Waals surface area (Å²) in [4.78, 5) is 0. The fourth-order valence-corrected chi connectivity index (χ4v) is 1.22. The molecule has 0 fully saturated rings. The number of rotatable bonds is 9. The van der Waals surface area contributed by atoms with Crippen LogP contribution in [0.25, 0.3) is 0 Å². The number of aliphatic hydroxyl groups excluding tert-OH is 1. The highest BCUT2D eigenvalue weighted by molar-refractivity contribution is 4.94. The van der Waals surface area contributed by atoms with E-state index in [1.807, 2.05) is 0 Å². The minimum atomic E-state index is -0.469. The summed E-state index contributed by atoms with van der Waals surface area (Å²) in [6.07, 6.45) is 3.21. The number of aromatic nitrogens is 1. The molecule has 1 unspecified atom stereocenters. The van der Waals surface area contributed by atoms with Gasteiger partial charge in [0.2, 0.25) is 0 Å². The Kier molecular flexibility index (Phi) is 6.80. The van der Waals surface area contributed by atoms with Crippen molar-refractivity contribution in [1.82, 2.24) is 10.5 Å². The second kappa shape index (κ2) is 8.27. The average Bonchev–Trinajstić information content (AvgIpc) is 2.77. The van der Waals surface area contributed by atoms with Crippen molar-refractivity contribution in [3.63, 3.8) is 0 Å². The highest BCUT2D eigenvalue weighted by Crippen LogP contribution is 1.94. The topological polar surface area (TPSA) is 67.5 Å². The zero-order valence-corrected chi connectivity index (χ0v) is 9.69. The molecule has 0 saturated heterocycles. The molecule has 0 spiro atoms. The molecule has 0 aliphatic rings. The maximum atomic E-state index is 9.55. The number of nitrogens with one attached hydrogen (secondary N) is 1. The first kappa shape index (κ1) is 13.2. The molecule has 5 heteroatoms. The van der Waals surface area contributed by atoms with Crippen LogP contribution in [-0.4, -0.2) is 36.1 Å². The van der Waals surface area contributed by atoms with Gasteiger partial charge in [-0.15, -0.1) is 0 Å². The summed E-state index contributed by atoms with van der Waals surface area (Å²) >= 11 is 0. The predicted octanol–water partition coefficient (Wildman–Crippen LogP) is 0.942. The molecule has 1 rings (SSSR count). The van der Waals surface area contributed by atoms with Crippen LogP contribution in [-0.2, 0) is 11.3 Å². The van der Waals surface area contributed by atoms with E-state index in [-0.39, 0.29) is 0 Å². The normalized spacial score (nSPS) is 12.9. The molecule has 1 heterocycles. The van der Waals surface area contributed by atoms with Crippen LogP contribution < -0.4 is 5.32 Å². The second-order valence-electron chi connectivity index (χ2n) is 3.70. The third-order valence-corrected chi connectivity index (χ3v) is 2.13. The smallest absolute Gasteiger partial charge is 0.124 e. The van der Waals surface area contributed by atoms with Crippen LogP contribution in [0.2, 0.25) is 0 Å². The molecule has 0 aliphatic heterocycles. The van der Waals surface area contributed by atoms with Gasteiger partial charge in [-0.1, -0.05) is 18.5 Å². The Hall–Kier alpha value is -0.910. The molecule has 5 nitrogen and oxygen atoms in total. The number of unbranched alkanes of at least 4 members (excludes halogenated alkanes) is 1. The van der Waals surface area contributed by atoms with E-state index in [0.29, 0.717) is 19.7 Å². The summed E-state index contributed by atoms with van der Waals surface area (Å²) in [5, 5.41) is 16.4. The Morgan fingerprint density at radius 3 is 3.19 bits per heavy atom. The number of nitrogens with zero attached hydrogens (tertiary/aromatic N) is 1. The minimum absolute atomic E-state index is 0.381. The van der Waals surface area contributed by atoms with E-state index in [1.165, 1.54) is 6.26 Å². The summed E-state index contributed by atoms with van der Waals surface area (Å²) in [6, 6.07) is 1.79. The van der Waals surface area contributed by atoms with Crippen molar-refractivity contribution in [2.45, 2.75) is 32.4 Å². The van der Waals surface area contributed by atoms with Crippen LogP contribution in [0.4, 0.5) is 0 Å². The first-order chi connectivity index (χ1) is 7.83. The van der Waals surface area contributed by atoms with Crippen molar-refractivity contribution >= 4 is 0 Å². The van der Waals surface area contributed by atoms with E-state index in [1.54, 1.807) is 6.07 Å². The molecule has 0 saturated carbocycles. The molecule has 0 aromatic carbocycles.